The topological polar surface area (TPSA) is 61.4 Å². The van der Waals surface area contributed by atoms with Gasteiger partial charge in [-0.05, 0) is 31.5 Å². The van der Waals surface area contributed by atoms with Crippen molar-refractivity contribution in [1.29, 1.82) is 0 Å². The highest BCUT2D eigenvalue weighted by atomic mass is 32.1. The molecule has 1 N–H and O–H groups in total. The third-order valence-corrected chi connectivity index (χ3v) is 6.33. The van der Waals surface area contributed by atoms with Gasteiger partial charge in [0.15, 0.2) is 5.13 Å². The Morgan fingerprint density at radius 1 is 1.10 bits per heavy atom. The first-order chi connectivity index (χ1) is 14.6. The van der Waals surface area contributed by atoms with E-state index in [-0.39, 0.29) is 11.9 Å². The maximum Gasteiger partial charge on any atom is 0.243 e. The molecule has 156 valence electrons. The molecule has 2 aromatic heterocycles. The first-order valence-corrected chi connectivity index (χ1v) is 11.2. The molecule has 3 heterocycles. The normalized spacial score (nSPS) is 16.3. The number of benzene rings is 1. The Kier molecular flexibility index (Phi) is 6.52. The van der Waals surface area contributed by atoms with Crippen molar-refractivity contribution >= 4 is 22.4 Å². The molecular formula is C23H27N5OS. The maximum atomic E-state index is 12.8. The van der Waals surface area contributed by atoms with Crippen LogP contribution >= 0.6 is 11.3 Å². The number of nitrogens with one attached hydrogen (secondary N) is 1. The van der Waals surface area contributed by atoms with E-state index in [2.05, 4.69) is 68.4 Å². The molecule has 0 aliphatic carbocycles. The number of aryl methyl sites for hydroxylation is 1. The van der Waals surface area contributed by atoms with Crippen molar-refractivity contribution < 1.29 is 4.79 Å². The number of rotatable bonds is 6. The van der Waals surface area contributed by atoms with Gasteiger partial charge in [0.2, 0.25) is 5.91 Å². The number of anilines is 1. The second-order valence-electron chi connectivity index (χ2n) is 7.74. The molecule has 1 fully saturated rings. The molecule has 1 aliphatic heterocycles. The van der Waals surface area contributed by atoms with Crippen LogP contribution in [0.2, 0.25) is 0 Å². The number of hydrogen-bond donors (Lipinski definition) is 1. The first kappa shape index (κ1) is 20.7. The van der Waals surface area contributed by atoms with E-state index in [1.54, 1.807) is 0 Å². The van der Waals surface area contributed by atoms with Crippen LogP contribution in [0.5, 0.6) is 0 Å². The van der Waals surface area contributed by atoms with Gasteiger partial charge in [-0.3, -0.25) is 19.6 Å². The van der Waals surface area contributed by atoms with Crippen LogP contribution < -0.4 is 5.32 Å². The fourth-order valence-electron chi connectivity index (χ4n) is 3.62. The van der Waals surface area contributed by atoms with Gasteiger partial charge in [-0.25, -0.2) is 4.98 Å². The van der Waals surface area contributed by atoms with Crippen molar-refractivity contribution in [2.24, 2.45) is 0 Å². The summed E-state index contributed by atoms with van der Waals surface area (Å²) in [6, 6.07) is 12.2. The molecule has 7 heteroatoms. The third-order valence-electron chi connectivity index (χ3n) is 5.57. The Morgan fingerprint density at radius 3 is 2.50 bits per heavy atom. The van der Waals surface area contributed by atoms with E-state index in [0.29, 0.717) is 5.13 Å². The van der Waals surface area contributed by atoms with Crippen LogP contribution in [0, 0.1) is 6.92 Å². The minimum atomic E-state index is -0.181. The van der Waals surface area contributed by atoms with E-state index in [1.165, 1.54) is 22.5 Å². The molecule has 0 saturated carbocycles. The summed E-state index contributed by atoms with van der Waals surface area (Å²) in [5.41, 5.74) is 4.46. The van der Waals surface area contributed by atoms with E-state index >= 15 is 0 Å². The van der Waals surface area contributed by atoms with Crippen LogP contribution in [0.1, 0.15) is 18.1 Å². The number of carbonyl (C=O) groups excluding carboxylic acids is 1. The van der Waals surface area contributed by atoms with Crippen LogP contribution in [0.25, 0.3) is 11.3 Å². The molecule has 1 amide bonds. The molecule has 1 aliphatic rings. The lowest BCUT2D eigenvalue weighted by molar-refractivity contribution is -0.121. The second-order valence-corrected chi connectivity index (χ2v) is 8.59. The van der Waals surface area contributed by atoms with E-state index in [4.69, 9.17) is 0 Å². The Hall–Kier alpha value is -2.61. The summed E-state index contributed by atoms with van der Waals surface area (Å²) in [6.45, 7) is 8.64. The van der Waals surface area contributed by atoms with E-state index < -0.39 is 0 Å². The number of carbonyl (C=O) groups is 1. The van der Waals surface area contributed by atoms with E-state index in [9.17, 15) is 4.79 Å². The van der Waals surface area contributed by atoms with Crippen molar-refractivity contribution in [1.82, 2.24) is 19.8 Å². The van der Waals surface area contributed by atoms with Gasteiger partial charge in [0.05, 0.1) is 11.7 Å². The van der Waals surface area contributed by atoms with Crippen molar-refractivity contribution in [3.05, 3.63) is 65.3 Å². The summed E-state index contributed by atoms with van der Waals surface area (Å²) in [7, 11) is 0. The number of aromatic nitrogens is 2. The average Bonchev–Trinajstić information content (AvgIpc) is 3.23. The predicted octanol–water partition coefficient (Wildman–Crippen LogP) is 3.66. The molecule has 1 atom stereocenters. The standard InChI is InChI=1S/C23H27N5OS/c1-17-3-5-20(6-4-17)21-16-30-23(25-21)26-22(29)18(2)28-13-11-27(12-14-28)15-19-7-9-24-10-8-19/h3-10,16,18H,11-15H2,1-2H3,(H,25,26,29). The SMILES string of the molecule is Cc1ccc(-c2csc(NC(=O)C(C)N3CCN(Cc4ccncc4)CC3)n2)cc1. The van der Waals surface area contributed by atoms with Crippen LogP contribution in [-0.2, 0) is 11.3 Å². The number of nitrogens with zero attached hydrogens (tertiary/aromatic N) is 4. The summed E-state index contributed by atoms with van der Waals surface area (Å²) < 4.78 is 0. The smallest absolute Gasteiger partial charge is 0.243 e. The molecular weight excluding hydrogens is 394 g/mol. The summed E-state index contributed by atoms with van der Waals surface area (Å²) >= 11 is 1.47. The van der Waals surface area contributed by atoms with Crippen molar-refractivity contribution in [3.8, 4) is 11.3 Å². The van der Waals surface area contributed by atoms with Crippen molar-refractivity contribution in [3.63, 3.8) is 0 Å². The Morgan fingerprint density at radius 2 is 1.80 bits per heavy atom. The molecule has 1 aromatic carbocycles. The maximum absolute atomic E-state index is 12.8. The van der Waals surface area contributed by atoms with Gasteiger partial charge in [-0.1, -0.05) is 29.8 Å². The molecule has 6 nitrogen and oxygen atoms in total. The van der Waals surface area contributed by atoms with Gasteiger partial charge in [0, 0.05) is 56.1 Å². The minimum absolute atomic E-state index is 0.00221. The van der Waals surface area contributed by atoms with Crippen LogP contribution in [0.3, 0.4) is 0 Å². The zero-order valence-corrected chi connectivity index (χ0v) is 18.2. The molecule has 0 bridgehead atoms. The van der Waals surface area contributed by atoms with Gasteiger partial charge >= 0.3 is 0 Å². The second kappa shape index (κ2) is 9.47. The molecule has 3 aromatic rings. The predicted molar refractivity (Wildman–Crippen MR) is 121 cm³/mol. The highest BCUT2D eigenvalue weighted by Crippen LogP contribution is 2.25. The fraction of sp³-hybridized carbons (Fsp3) is 0.348. The number of amides is 1. The lowest BCUT2D eigenvalue weighted by Crippen LogP contribution is -2.52. The molecule has 1 unspecified atom stereocenters. The average molecular weight is 422 g/mol. The van der Waals surface area contributed by atoms with Crippen LogP contribution in [0.4, 0.5) is 5.13 Å². The summed E-state index contributed by atoms with van der Waals surface area (Å²) in [5, 5.41) is 5.64. The molecule has 4 rings (SSSR count). The molecule has 0 radical (unpaired) electrons. The number of thiazole rings is 1. The summed E-state index contributed by atoms with van der Waals surface area (Å²) in [6.07, 6.45) is 3.67. The molecule has 1 saturated heterocycles. The highest BCUT2D eigenvalue weighted by Gasteiger charge is 2.26. The van der Waals surface area contributed by atoms with Gasteiger partial charge in [0.1, 0.15) is 0 Å². The zero-order valence-electron chi connectivity index (χ0n) is 17.4. The van der Waals surface area contributed by atoms with Gasteiger partial charge in [-0.15, -0.1) is 11.3 Å². The first-order valence-electron chi connectivity index (χ1n) is 10.3. The summed E-state index contributed by atoms with van der Waals surface area (Å²) in [4.78, 5) is 26.1. The summed E-state index contributed by atoms with van der Waals surface area (Å²) in [5.74, 6) is 0.00221. The van der Waals surface area contributed by atoms with Gasteiger partial charge in [-0.2, -0.15) is 0 Å². The lowest BCUT2D eigenvalue weighted by atomic mass is 10.1. The van der Waals surface area contributed by atoms with E-state index in [1.807, 2.05) is 24.7 Å². The monoisotopic (exact) mass is 421 g/mol. The molecule has 0 spiro atoms. The third kappa shape index (κ3) is 5.11. The van der Waals surface area contributed by atoms with Crippen molar-refractivity contribution in [2.45, 2.75) is 26.4 Å². The van der Waals surface area contributed by atoms with E-state index in [0.717, 1.165) is 44.0 Å². The van der Waals surface area contributed by atoms with Crippen LogP contribution in [0.15, 0.2) is 54.2 Å². The Bertz CT molecular complexity index is 965. The molecule has 30 heavy (non-hydrogen) atoms. The number of pyridine rings is 1. The number of piperazine rings is 1. The highest BCUT2D eigenvalue weighted by molar-refractivity contribution is 7.14. The Labute approximate surface area is 181 Å². The quantitative estimate of drug-likeness (QED) is 0.658. The zero-order chi connectivity index (χ0) is 20.9. The van der Waals surface area contributed by atoms with Gasteiger partial charge < -0.3 is 5.32 Å². The van der Waals surface area contributed by atoms with Gasteiger partial charge in [0.25, 0.3) is 0 Å². The lowest BCUT2D eigenvalue weighted by Gasteiger charge is -2.37. The minimum Gasteiger partial charge on any atom is -0.301 e. The number of hydrogen-bond acceptors (Lipinski definition) is 6. The van der Waals surface area contributed by atoms with Crippen LogP contribution in [-0.4, -0.2) is 57.9 Å². The van der Waals surface area contributed by atoms with Crippen molar-refractivity contribution in [2.75, 3.05) is 31.5 Å². The fourth-order valence-corrected chi connectivity index (χ4v) is 4.34. The Balaban J connectivity index is 1.29. The largest absolute Gasteiger partial charge is 0.301 e.